The van der Waals surface area contributed by atoms with Gasteiger partial charge in [-0.05, 0) is 60.4 Å². The molecular formula is C30H33N7O8. The van der Waals surface area contributed by atoms with Gasteiger partial charge < -0.3 is 25.7 Å². The van der Waals surface area contributed by atoms with Crippen LogP contribution in [0.5, 0.6) is 0 Å². The maximum absolute atomic E-state index is 13.5. The van der Waals surface area contributed by atoms with Crippen molar-refractivity contribution >= 4 is 35.4 Å². The van der Waals surface area contributed by atoms with Gasteiger partial charge in [-0.15, -0.1) is 5.10 Å². The van der Waals surface area contributed by atoms with Crippen LogP contribution in [0.3, 0.4) is 0 Å². The van der Waals surface area contributed by atoms with Crippen molar-refractivity contribution in [2.75, 3.05) is 6.54 Å². The van der Waals surface area contributed by atoms with E-state index in [0.717, 1.165) is 5.56 Å². The predicted molar refractivity (Wildman–Crippen MR) is 156 cm³/mol. The minimum absolute atomic E-state index is 0.0637. The number of carbonyl (C=O) groups excluding carboxylic acids is 4. The highest BCUT2D eigenvalue weighted by molar-refractivity contribution is 6.00. The van der Waals surface area contributed by atoms with Crippen LogP contribution < -0.4 is 10.6 Å². The monoisotopic (exact) mass is 619 g/mol. The van der Waals surface area contributed by atoms with Gasteiger partial charge in [0.1, 0.15) is 18.6 Å². The normalized spacial score (nSPS) is 16.2. The highest BCUT2D eigenvalue weighted by Gasteiger charge is 2.35. The quantitative estimate of drug-likeness (QED) is 0.209. The van der Waals surface area contributed by atoms with Crippen molar-refractivity contribution in [2.45, 2.75) is 63.7 Å². The van der Waals surface area contributed by atoms with Gasteiger partial charge in [-0.2, -0.15) is 0 Å². The number of nitrogens with one attached hydrogen (secondary N) is 2. The molecule has 3 unspecified atom stereocenters. The number of carboxylic acid groups (broad SMARTS) is 2. The zero-order valence-corrected chi connectivity index (χ0v) is 24.5. The molecule has 4 rings (SSSR count). The number of aromatic carboxylic acids is 1. The van der Waals surface area contributed by atoms with Crippen LogP contribution in [-0.2, 0) is 32.1 Å². The Hall–Kier alpha value is -5.47. The maximum atomic E-state index is 13.5. The van der Waals surface area contributed by atoms with E-state index in [1.54, 1.807) is 0 Å². The van der Waals surface area contributed by atoms with E-state index < -0.39 is 60.0 Å². The van der Waals surface area contributed by atoms with Crippen molar-refractivity contribution in [3.05, 3.63) is 77.1 Å². The molecule has 3 amide bonds. The van der Waals surface area contributed by atoms with Crippen molar-refractivity contribution in [3.8, 4) is 0 Å². The van der Waals surface area contributed by atoms with E-state index in [0.29, 0.717) is 31.5 Å². The minimum Gasteiger partial charge on any atom is -0.481 e. The molecule has 3 atom stereocenters. The molecule has 0 spiro atoms. The van der Waals surface area contributed by atoms with Crippen molar-refractivity contribution in [1.82, 2.24) is 35.7 Å². The second-order valence-corrected chi connectivity index (χ2v) is 10.7. The number of nitrogens with zero attached hydrogens (tertiary/aromatic N) is 5. The molecule has 15 heteroatoms. The van der Waals surface area contributed by atoms with Gasteiger partial charge in [-0.1, -0.05) is 36.4 Å². The number of benzene rings is 2. The third kappa shape index (κ3) is 8.55. The summed E-state index contributed by atoms with van der Waals surface area (Å²) in [7, 11) is 0. The number of tetrazole rings is 1. The summed E-state index contributed by atoms with van der Waals surface area (Å²) in [5.74, 6) is -4.70. The van der Waals surface area contributed by atoms with Crippen molar-refractivity contribution in [2.24, 2.45) is 0 Å². The Balaban J connectivity index is 1.43. The third-order valence-electron chi connectivity index (χ3n) is 7.45. The predicted octanol–water partition coefficient (Wildman–Crippen LogP) is 0.690. The van der Waals surface area contributed by atoms with E-state index in [1.807, 2.05) is 30.3 Å². The smallest absolute Gasteiger partial charge is 0.335 e. The van der Waals surface area contributed by atoms with Gasteiger partial charge in [0, 0.05) is 18.5 Å². The van der Waals surface area contributed by atoms with Gasteiger partial charge in [0.25, 0.3) is 5.91 Å². The van der Waals surface area contributed by atoms with E-state index >= 15 is 0 Å². The average molecular weight is 620 g/mol. The lowest BCUT2D eigenvalue weighted by molar-refractivity contribution is -0.143. The minimum atomic E-state index is -1.43. The fourth-order valence-corrected chi connectivity index (χ4v) is 4.98. The average Bonchev–Trinajstić information content (AvgIpc) is 3.36. The van der Waals surface area contributed by atoms with Crippen LogP contribution in [0, 0.1) is 0 Å². The van der Waals surface area contributed by atoms with Crippen LogP contribution in [0.2, 0.25) is 0 Å². The maximum Gasteiger partial charge on any atom is 0.335 e. The molecule has 0 aliphatic carbocycles. The number of ketones is 1. The van der Waals surface area contributed by atoms with Gasteiger partial charge in [0.15, 0.2) is 11.6 Å². The van der Waals surface area contributed by atoms with Crippen LogP contribution >= 0.6 is 0 Å². The van der Waals surface area contributed by atoms with Crippen molar-refractivity contribution in [1.29, 1.82) is 0 Å². The second-order valence-electron chi connectivity index (χ2n) is 10.7. The van der Waals surface area contributed by atoms with Crippen LogP contribution in [0.15, 0.2) is 54.6 Å². The number of Topliss-reactive ketones (excluding diaryl/α,β-unsaturated/α-hetero) is 1. The first-order chi connectivity index (χ1) is 21.5. The van der Waals surface area contributed by atoms with Gasteiger partial charge >= 0.3 is 11.9 Å². The zero-order chi connectivity index (χ0) is 32.5. The Kier molecular flexibility index (Phi) is 10.7. The number of carboxylic acids is 2. The molecule has 2 heterocycles. The fraction of sp³-hybridized carbons (Fsp3) is 0.367. The molecule has 0 bridgehead atoms. The molecule has 2 aromatic carbocycles. The number of aliphatic carboxylic acids is 1. The summed E-state index contributed by atoms with van der Waals surface area (Å²) >= 11 is 0. The summed E-state index contributed by atoms with van der Waals surface area (Å²) in [5, 5.41) is 35.2. The Morgan fingerprint density at radius 1 is 1.00 bits per heavy atom. The van der Waals surface area contributed by atoms with Gasteiger partial charge in [-0.3, -0.25) is 24.0 Å². The molecule has 3 aromatic rings. The molecule has 236 valence electrons. The van der Waals surface area contributed by atoms with E-state index in [2.05, 4.69) is 26.2 Å². The Bertz CT molecular complexity index is 1570. The summed E-state index contributed by atoms with van der Waals surface area (Å²) < 4.78 is 1.25. The number of aromatic nitrogens is 4. The van der Waals surface area contributed by atoms with Crippen molar-refractivity contribution in [3.63, 3.8) is 0 Å². The molecule has 15 nitrogen and oxygen atoms in total. The van der Waals surface area contributed by atoms with Crippen LogP contribution in [0.4, 0.5) is 0 Å². The zero-order valence-electron chi connectivity index (χ0n) is 24.5. The van der Waals surface area contributed by atoms with Crippen LogP contribution in [-0.4, -0.2) is 95.4 Å². The number of amides is 3. The summed E-state index contributed by atoms with van der Waals surface area (Å²) in [4.78, 5) is 77.1. The first kappa shape index (κ1) is 32.4. The summed E-state index contributed by atoms with van der Waals surface area (Å²) in [5.41, 5.74) is 0.879. The molecule has 4 N–H and O–H groups in total. The standard InChI is InChI=1S/C30H33N7O8/c1-18(36-13-6-5-12-22(29(36)43)31-28(42)20-10-7-11-21(15-20)30(44)45)27(41)32-23(16-26(39)40)24(38)17-37-25(33-34-35-37)14-19-8-3-2-4-9-19/h2-4,7-11,15,18,22-23H,5-6,12-14,16-17H2,1H3,(H,31,42)(H,32,41)(H,39,40)(H,44,45). The number of carbonyl (C=O) groups is 6. The molecule has 0 radical (unpaired) electrons. The molecule has 1 fully saturated rings. The fourth-order valence-electron chi connectivity index (χ4n) is 4.98. The van der Waals surface area contributed by atoms with Gasteiger partial charge in [-0.25, -0.2) is 9.48 Å². The largest absolute Gasteiger partial charge is 0.481 e. The highest BCUT2D eigenvalue weighted by Crippen LogP contribution is 2.17. The molecule has 1 aromatic heterocycles. The first-order valence-corrected chi connectivity index (χ1v) is 14.3. The Morgan fingerprint density at radius 2 is 1.73 bits per heavy atom. The van der Waals surface area contributed by atoms with Gasteiger partial charge in [0.2, 0.25) is 11.8 Å². The van der Waals surface area contributed by atoms with Gasteiger partial charge in [0.05, 0.1) is 18.0 Å². The Labute approximate surface area is 257 Å². The topological polar surface area (TPSA) is 214 Å². The lowest BCUT2D eigenvalue weighted by Gasteiger charge is -2.30. The molecule has 1 saturated heterocycles. The van der Waals surface area contributed by atoms with Crippen molar-refractivity contribution < 1.29 is 39.0 Å². The van der Waals surface area contributed by atoms with Crippen LogP contribution in [0.25, 0.3) is 0 Å². The molecular weight excluding hydrogens is 586 g/mol. The number of hydrogen-bond donors (Lipinski definition) is 4. The van der Waals surface area contributed by atoms with E-state index in [9.17, 15) is 39.0 Å². The summed E-state index contributed by atoms with van der Waals surface area (Å²) in [6.07, 6.45) is 1.02. The van der Waals surface area contributed by atoms with E-state index in [1.165, 1.54) is 40.8 Å². The lowest BCUT2D eigenvalue weighted by atomic mass is 10.1. The molecule has 0 saturated carbocycles. The van der Waals surface area contributed by atoms with Crippen LogP contribution in [0.1, 0.15) is 64.7 Å². The molecule has 1 aliphatic heterocycles. The van der Waals surface area contributed by atoms with E-state index in [-0.39, 0.29) is 24.2 Å². The highest BCUT2D eigenvalue weighted by atomic mass is 16.4. The summed E-state index contributed by atoms with van der Waals surface area (Å²) in [6.45, 7) is 1.26. The van der Waals surface area contributed by atoms with E-state index in [4.69, 9.17) is 0 Å². The number of hydrogen-bond acceptors (Lipinski definition) is 9. The molecule has 1 aliphatic rings. The number of rotatable bonds is 13. The lowest BCUT2D eigenvalue weighted by Crippen LogP contribution is -2.56. The Morgan fingerprint density at radius 3 is 2.44 bits per heavy atom. The third-order valence-corrected chi connectivity index (χ3v) is 7.45. The number of likely N-dealkylation sites (tertiary alicyclic amines) is 1. The SMILES string of the molecule is CC(C(=O)NC(CC(=O)O)C(=O)Cn1nnnc1Cc1ccccc1)N1CCCCC(NC(=O)c2cccc(C(=O)O)c2)C1=O. The second kappa shape index (κ2) is 14.8. The molecule has 45 heavy (non-hydrogen) atoms. The first-order valence-electron chi connectivity index (χ1n) is 14.3. The summed E-state index contributed by atoms with van der Waals surface area (Å²) in [6, 6.07) is 11.2.